The van der Waals surface area contributed by atoms with Crippen molar-refractivity contribution in [3.05, 3.63) is 48.9 Å². The second kappa shape index (κ2) is 7.30. The molecule has 4 aromatic heterocycles. The normalized spacial score (nSPS) is 22.3. The van der Waals surface area contributed by atoms with E-state index in [1.54, 1.807) is 6.20 Å². The first-order chi connectivity index (χ1) is 14.8. The standard InChI is InChI=1S/C22H23N7O/c1-2-20-19(23-6-1)4-3-18(26-20)17-5-7-29-21(17)14-24-22(27-29)25-15-12-16(13-15)28-8-10-30-11-9-28/h1-7,14-16H,8-13H2,(H,25,27)/t15-,16+. The predicted molar refractivity (Wildman–Crippen MR) is 114 cm³/mol. The Morgan fingerprint density at radius 2 is 1.90 bits per heavy atom. The lowest BCUT2D eigenvalue weighted by molar-refractivity contribution is -0.00443. The van der Waals surface area contributed by atoms with Gasteiger partial charge in [0.2, 0.25) is 5.95 Å². The van der Waals surface area contributed by atoms with Crippen molar-refractivity contribution in [1.29, 1.82) is 0 Å². The number of morpholine rings is 1. The van der Waals surface area contributed by atoms with Gasteiger partial charge in [-0.2, -0.15) is 0 Å². The zero-order valence-corrected chi connectivity index (χ0v) is 16.6. The SMILES string of the molecule is c1cnc2ccc(-c3ccn4nc(N[C@H]5C[C@@H](N6CCOCC6)C5)ncc34)nc2c1. The molecule has 0 spiro atoms. The number of nitrogens with zero attached hydrogens (tertiary/aromatic N) is 6. The third kappa shape index (κ3) is 3.18. The van der Waals surface area contributed by atoms with Crippen LogP contribution in [-0.4, -0.2) is 67.9 Å². The highest BCUT2D eigenvalue weighted by Gasteiger charge is 2.34. The van der Waals surface area contributed by atoms with Crippen molar-refractivity contribution >= 4 is 22.5 Å². The molecule has 0 amide bonds. The summed E-state index contributed by atoms with van der Waals surface area (Å²) in [6.45, 7) is 3.80. The molecule has 152 valence electrons. The van der Waals surface area contributed by atoms with E-state index in [2.05, 4.69) is 25.3 Å². The quantitative estimate of drug-likeness (QED) is 0.563. The third-order valence-corrected chi connectivity index (χ3v) is 6.16. The molecular formula is C22H23N7O. The molecular weight excluding hydrogens is 378 g/mol. The molecule has 30 heavy (non-hydrogen) atoms. The van der Waals surface area contributed by atoms with E-state index in [1.165, 1.54) is 0 Å². The maximum Gasteiger partial charge on any atom is 0.241 e. The summed E-state index contributed by atoms with van der Waals surface area (Å²) in [6.07, 6.45) is 7.88. The van der Waals surface area contributed by atoms with Gasteiger partial charge in [-0.25, -0.2) is 14.5 Å². The fourth-order valence-corrected chi connectivity index (χ4v) is 4.42. The molecule has 8 nitrogen and oxygen atoms in total. The number of aromatic nitrogens is 5. The van der Waals surface area contributed by atoms with E-state index in [0.29, 0.717) is 18.0 Å². The van der Waals surface area contributed by atoms with Crippen LogP contribution in [0.4, 0.5) is 5.95 Å². The smallest absolute Gasteiger partial charge is 0.241 e. The Labute approximate surface area is 173 Å². The van der Waals surface area contributed by atoms with E-state index in [0.717, 1.165) is 67.0 Å². The largest absolute Gasteiger partial charge is 0.379 e. The lowest BCUT2D eigenvalue weighted by Gasteiger charge is -2.44. The molecule has 5 heterocycles. The zero-order valence-electron chi connectivity index (χ0n) is 16.6. The van der Waals surface area contributed by atoms with Gasteiger partial charge in [-0.1, -0.05) is 0 Å². The number of hydrogen-bond donors (Lipinski definition) is 1. The summed E-state index contributed by atoms with van der Waals surface area (Å²) >= 11 is 0. The van der Waals surface area contributed by atoms with Crippen LogP contribution < -0.4 is 5.32 Å². The van der Waals surface area contributed by atoms with Gasteiger partial charge in [0.05, 0.1) is 41.7 Å². The first-order valence-electron chi connectivity index (χ1n) is 10.5. The van der Waals surface area contributed by atoms with Crippen LogP contribution in [0.2, 0.25) is 0 Å². The second-order valence-electron chi connectivity index (χ2n) is 7.99. The molecule has 1 aliphatic heterocycles. The summed E-state index contributed by atoms with van der Waals surface area (Å²) in [5.74, 6) is 0.672. The molecule has 0 radical (unpaired) electrons. The maximum atomic E-state index is 5.45. The van der Waals surface area contributed by atoms with E-state index < -0.39 is 0 Å². The molecule has 6 rings (SSSR count). The fourth-order valence-electron chi connectivity index (χ4n) is 4.42. The van der Waals surface area contributed by atoms with Crippen LogP contribution in [0.3, 0.4) is 0 Å². The van der Waals surface area contributed by atoms with Crippen LogP contribution in [0.15, 0.2) is 48.9 Å². The van der Waals surface area contributed by atoms with Gasteiger partial charge < -0.3 is 10.1 Å². The van der Waals surface area contributed by atoms with Gasteiger partial charge in [-0.05, 0) is 43.2 Å². The van der Waals surface area contributed by atoms with Crippen molar-refractivity contribution in [2.24, 2.45) is 0 Å². The summed E-state index contributed by atoms with van der Waals surface area (Å²) in [5.41, 5.74) is 4.63. The van der Waals surface area contributed by atoms with Gasteiger partial charge in [-0.3, -0.25) is 9.88 Å². The fraction of sp³-hybridized carbons (Fsp3) is 0.364. The van der Waals surface area contributed by atoms with Crippen molar-refractivity contribution < 1.29 is 4.74 Å². The molecule has 2 aliphatic rings. The van der Waals surface area contributed by atoms with Crippen molar-refractivity contribution in [3.63, 3.8) is 0 Å². The Kier molecular flexibility index (Phi) is 4.32. The minimum atomic E-state index is 0.431. The number of rotatable bonds is 4. The highest BCUT2D eigenvalue weighted by molar-refractivity contribution is 5.83. The molecule has 4 aromatic rings. The summed E-state index contributed by atoms with van der Waals surface area (Å²) < 4.78 is 7.32. The van der Waals surface area contributed by atoms with Crippen LogP contribution in [0.25, 0.3) is 27.8 Å². The average Bonchev–Trinajstić information content (AvgIpc) is 3.19. The van der Waals surface area contributed by atoms with E-state index in [-0.39, 0.29) is 0 Å². The van der Waals surface area contributed by atoms with Gasteiger partial charge in [-0.15, -0.1) is 5.10 Å². The first-order valence-corrected chi connectivity index (χ1v) is 10.5. The van der Waals surface area contributed by atoms with Crippen LogP contribution in [0.5, 0.6) is 0 Å². The number of hydrogen-bond acceptors (Lipinski definition) is 7. The van der Waals surface area contributed by atoms with Crippen LogP contribution in [0, 0.1) is 0 Å². The number of pyridine rings is 2. The molecule has 0 unspecified atom stereocenters. The summed E-state index contributed by atoms with van der Waals surface area (Å²) in [7, 11) is 0. The molecule has 0 atom stereocenters. The molecule has 1 saturated heterocycles. The Balaban J connectivity index is 1.18. The number of anilines is 1. The molecule has 1 aliphatic carbocycles. The van der Waals surface area contributed by atoms with Gasteiger partial charge >= 0.3 is 0 Å². The van der Waals surface area contributed by atoms with Crippen LogP contribution in [0.1, 0.15) is 12.8 Å². The van der Waals surface area contributed by atoms with E-state index in [4.69, 9.17) is 9.72 Å². The monoisotopic (exact) mass is 401 g/mol. The molecule has 1 saturated carbocycles. The Hall–Kier alpha value is -3.10. The van der Waals surface area contributed by atoms with Crippen LogP contribution in [-0.2, 0) is 4.74 Å². The minimum absolute atomic E-state index is 0.431. The Bertz CT molecular complexity index is 1190. The third-order valence-electron chi connectivity index (χ3n) is 6.16. The van der Waals surface area contributed by atoms with E-state index in [9.17, 15) is 0 Å². The number of nitrogens with one attached hydrogen (secondary N) is 1. The van der Waals surface area contributed by atoms with Gasteiger partial charge in [0.15, 0.2) is 0 Å². The highest BCUT2D eigenvalue weighted by atomic mass is 16.5. The molecule has 2 fully saturated rings. The summed E-state index contributed by atoms with van der Waals surface area (Å²) in [6, 6.07) is 11.0. The number of ether oxygens (including phenoxy) is 1. The van der Waals surface area contributed by atoms with Crippen molar-refractivity contribution in [1.82, 2.24) is 29.5 Å². The lowest BCUT2D eigenvalue weighted by Crippen LogP contribution is -2.53. The number of fused-ring (bicyclic) bond motifs is 2. The van der Waals surface area contributed by atoms with Gasteiger partial charge in [0.1, 0.15) is 0 Å². The Morgan fingerprint density at radius 1 is 1.00 bits per heavy atom. The molecule has 1 N–H and O–H groups in total. The minimum Gasteiger partial charge on any atom is -0.379 e. The van der Waals surface area contributed by atoms with Crippen molar-refractivity contribution in [3.8, 4) is 11.3 Å². The van der Waals surface area contributed by atoms with Crippen molar-refractivity contribution in [2.75, 3.05) is 31.6 Å². The molecule has 0 aromatic carbocycles. The average molecular weight is 401 g/mol. The Morgan fingerprint density at radius 3 is 2.80 bits per heavy atom. The topological polar surface area (TPSA) is 80.5 Å². The lowest BCUT2D eigenvalue weighted by atomic mass is 9.85. The second-order valence-corrected chi connectivity index (χ2v) is 7.99. The molecule has 8 heteroatoms. The predicted octanol–water partition coefficient (Wildman–Crippen LogP) is 2.61. The van der Waals surface area contributed by atoms with Crippen LogP contribution >= 0.6 is 0 Å². The van der Waals surface area contributed by atoms with Gasteiger partial charge in [0, 0.05) is 43.1 Å². The van der Waals surface area contributed by atoms with E-state index in [1.807, 2.05) is 47.2 Å². The van der Waals surface area contributed by atoms with E-state index >= 15 is 0 Å². The zero-order chi connectivity index (χ0) is 19.9. The molecule has 0 bridgehead atoms. The highest BCUT2D eigenvalue weighted by Crippen LogP contribution is 2.29. The first kappa shape index (κ1) is 17.7. The van der Waals surface area contributed by atoms with Crippen molar-refractivity contribution in [2.45, 2.75) is 24.9 Å². The maximum absolute atomic E-state index is 5.45. The summed E-state index contributed by atoms with van der Waals surface area (Å²) in [4.78, 5) is 16.2. The van der Waals surface area contributed by atoms with Gasteiger partial charge in [0.25, 0.3) is 0 Å². The summed E-state index contributed by atoms with van der Waals surface area (Å²) in [5, 5.41) is 8.15.